The van der Waals surface area contributed by atoms with Gasteiger partial charge in [0.1, 0.15) is 0 Å². The number of anilines is 1. The molecule has 0 unspecified atom stereocenters. The highest BCUT2D eigenvalue weighted by Crippen LogP contribution is 2.22. The summed E-state index contributed by atoms with van der Waals surface area (Å²) in [5, 5.41) is 18.0. The van der Waals surface area contributed by atoms with Crippen molar-refractivity contribution in [1.29, 1.82) is 0 Å². The molecule has 1 aromatic rings. The number of carboxylic acid groups (broad SMARTS) is 2. The maximum atomic E-state index is 11.0. The lowest BCUT2D eigenvalue weighted by atomic mass is 10.1. The first-order chi connectivity index (χ1) is 7.45. The molecule has 86 valence electrons. The summed E-state index contributed by atoms with van der Waals surface area (Å²) in [4.78, 5) is 23.0. The molecule has 0 bridgehead atoms. The fourth-order valence-corrected chi connectivity index (χ4v) is 1.47. The van der Waals surface area contributed by atoms with Gasteiger partial charge in [-0.15, -0.1) is 0 Å². The first-order valence-electron chi connectivity index (χ1n) is 4.79. The van der Waals surface area contributed by atoms with Crippen LogP contribution in [0.2, 0.25) is 0 Å². The monoisotopic (exact) mass is 223 g/mol. The number of benzene rings is 1. The molecule has 0 saturated heterocycles. The molecule has 1 rings (SSSR count). The summed E-state index contributed by atoms with van der Waals surface area (Å²) in [7, 11) is 0. The summed E-state index contributed by atoms with van der Waals surface area (Å²) in [6.45, 7) is 3.37. The van der Waals surface area contributed by atoms with Gasteiger partial charge in [-0.05, 0) is 26.0 Å². The van der Waals surface area contributed by atoms with E-state index in [-0.39, 0.29) is 17.3 Å². The van der Waals surface area contributed by atoms with Gasteiger partial charge >= 0.3 is 12.1 Å². The topological polar surface area (TPSA) is 77.8 Å². The number of carbonyl (C=O) groups is 2. The fraction of sp³-hybridized carbons (Fsp3) is 0.273. The first-order valence-corrected chi connectivity index (χ1v) is 4.79. The van der Waals surface area contributed by atoms with Crippen LogP contribution in [-0.2, 0) is 0 Å². The Morgan fingerprint density at radius 2 is 1.75 bits per heavy atom. The SMILES string of the molecule is CC(C)N(C(=O)O)c1ccccc1C(=O)O. The van der Waals surface area contributed by atoms with Crippen LogP contribution in [0.3, 0.4) is 0 Å². The van der Waals surface area contributed by atoms with Crippen molar-refractivity contribution in [2.75, 3.05) is 4.90 Å². The Balaban J connectivity index is 3.29. The second-order valence-corrected chi connectivity index (χ2v) is 3.57. The van der Waals surface area contributed by atoms with Gasteiger partial charge in [-0.25, -0.2) is 9.59 Å². The number of hydrogen-bond donors (Lipinski definition) is 2. The normalized spacial score (nSPS) is 10.2. The molecular weight excluding hydrogens is 210 g/mol. The minimum Gasteiger partial charge on any atom is -0.478 e. The Bertz CT molecular complexity index is 414. The van der Waals surface area contributed by atoms with Gasteiger partial charge in [0.2, 0.25) is 0 Å². The number of para-hydroxylation sites is 1. The second-order valence-electron chi connectivity index (χ2n) is 3.57. The van der Waals surface area contributed by atoms with Crippen molar-refractivity contribution in [3.05, 3.63) is 29.8 Å². The van der Waals surface area contributed by atoms with Crippen LogP contribution in [0.4, 0.5) is 10.5 Å². The third-order valence-corrected chi connectivity index (χ3v) is 2.12. The third-order valence-electron chi connectivity index (χ3n) is 2.12. The van der Waals surface area contributed by atoms with Crippen LogP contribution >= 0.6 is 0 Å². The zero-order valence-electron chi connectivity index (χ0n) is 9.04. The summed E-state index contributed by atoms with van der Waals surface area (Å²) in [5.74, 6) is -1.14. The molecule has 0 saturated carbocycles. The van der Waals surface area contributed by atoms with Crippen molar-refractivity contribution in [3.63, 3.8) is 0 Å². The Labute approximate surface area is 92.9 Å². The summed E-state index contributed by atoms with van der Waals surface area (Å²) >= 11 is 0. The number of hydrogen-bond acceptors (Lipinski definition) is 2. The van der Waals surface area contributed by atoms with E-state index in [1.807, 2.05) is 0 Å². The summed E-state index contributed by atoms with van der Waals surface area (Å²) in [6, 6.07) is 5.72. The number of amides is 1. The van der Waals surface area contributed by atoms with E-state index in [9.17, 15) is 9.59 Å². The number of rotatable bonds is 3. The van der Waals surface area contributed by atoms with Crippen molar-refractivity contribution >= 4 is 17.7 Å². The predicted octanol–water partition coefficient (Wildman–Crippen LogP) is 2.28. The lowest BCUT2D eigenvalue weighted by Crippen LogP contribution is -2.36. The second kappa shape index (κ2) is 4.65. The van der Waals surface area contributed by atoms with Gasteiger partial charge in [0.05, 0.1) is 11.3 Å². The summed E-state index contributed by atoms with van der Waals surface area (Å²) in [6.07, 6.45) is -1.16. The number of nitrogens with zero attached hydrogens (tertiary/aromatic N) is 1. The largest absolute Gasteiger partial charge is 0.478 e. The van der Waals surface area contributed by atoms with E-state index in [1.165, 1.54) is 12.1 Å². The minimum absolute atomic E-state index is 0.0152. The smallest absolute Gasteiger partial charge is 0.412 e. The predicted molar refractivity (Wildman–Crippen MR) is 59.0 cm³/mol. The Morgan fingerprint density at radius 3 is 2.19 bits per heavy atom. The molecule has 0 fully saturated rings. The Kier molecular flexibility index (Phi) is 3.50. The van der Waals surface area contributed by atoms with E-state index in [4.69, 9.17) is 10.2 Å². The number of aromatic carboxylic acids is 1. The number of carboxylic acids is 1. The third kappa shape index (κ3) is 2.31. The quantitative estimate of drug-likeness (QED) is 0.823. The minimum atomic E-state index is -1.16. The molecule has 5 heteroatoms. The Hall–Kier alpha value is -2.04. The molecule has 5 nitrogen and oxygen atoms in total. The van der Waals surface area contributed by atoms with E-state index < -0.39 is 12.1 Å². The zero-order valence-corrected chi connectivity index (χ0v) is 9.04. The van der Waals surface area contributed by atoms with Gasteiger partial charge in [-0.1, -0.05) is 12.1 Å². The van der Waals surface area contributed by atoms with E-state index in [1.54, 1.807) is 26.0 Å². The molecule has 0 atom stereocenters. The average molecular weight is 223 g/mol. The highest BCUT2D eigenvalue weighted by atomic mass is 16.4. The van der Waals surface area contributed by atoms with Gasteiger partial charge in [0.25, 0.3) is 0 Å². The van der Waals surface area contributed by atoms with Crippen LogP contribution in [-0.4, -0.2) is 28.3 Å². The lowest BCUT2D eigenvalue weighted by molar-refractivity contribution is 0.0697. The van der Waals surface area contributed by atoms with Gasteiger partial charge in [-0.3, -0.25) is 4.90 Å². The van der Waals surface area contributed by atoms with Gasteiger partial charge < -0.3 is 10.2 Å². The molecule has 0 spiro atoms. The van der Waals surface area contributed by atoms with Crippen LogP contribution in [0.1, 0.15) is 24.2 Å². The summed E-state index contributed by atoms with van der Waals surface area (Å²) < 4.78 is 0. The van der Waals surface area contributed by atoms with Crippen molar-refractivity contribution in [2.24, 2.45) is 0 Å². The molecule has 0 aliphatic carbocycles. The fourth-order valence-electron chi connectivity index (χ4n) is 1.47. The molecule has 2 N–H and O–H groups in total. The highest BCUT2D eigenvalue weighted by Gasteiger charge is 2.22. The van der Waals surface area contributed by atoms with Crippen LogP contribution in [0.25, 0.3) is 0 Å². The van der Waals surface area contributed by atoms with Crippen molar-refractivity contribution < 1.29 is 19.8 Å². The highest BCUT2D eigenvalue weighted by molar-refractivity contribution is 5.99. The van der Waals surface area contributed by atoms with Gasteiger partial charge in [0, 0.05) is 6.04 Å². The van der Waals surface area contributed by atoms with Gasteiger partial charge in [0.15, 0.2) is 0 Å². The standard InChI is InChI=1S/C11H13NO4/c1-7(2)12(11(15)16)9-6-4-3-5-8(9)10(13)14/h3-7H,1-2H3,(H,13,14)(H,15,16). The molecule has 0 aliphatic heterocycles. The van der Waals surface area contributed by atoms with Crippen molar-refractivity contribution in [3.8, 4) is 0 Å². The molecule has 16 heavy (non-hydrogen) atoms. The van der Waals surface area contributed by atoms with E-state index in [0.29, 0.717) is 0 Å². The molecule has 0 radical (unpaired) electrons. The first kappa shape index (κ1) is 12.0. The van der Waals surface area contributed by atoms with E-state index in [2.05, 4.69) is 0 Å². The maximum Gasteiger partial charge on any atom is 0.412 e. The Morgan fingerprint density at radius 1 is 1.19 bits per heavy atom. The van der Waals surface area contributed by atoms with Crippen LogP contribution in [0.5, 0.6) is 0 Å². The zero-order chi connectivity index (χ0) is 12.3. The van der Waals surface area contributed by atoms with Crippen LogP contribution in [0, 0.1) is 0 Å². The van der Waals surface area contributed by atoms with Gasteiger partial charge in [-0.2, -0.15) is 0 Å². The van der Waals surface area contributed by atoms with Crippen molar-refractivity contribution in [1.82, 2.24) is 0 Å². The molecule has 0 aliphatic rings. The van der Waals surface area contributed by atoms with Crippen LogP contribution < -0.4 is 4.90 Å². The maximum absolute atomic E-state index is 11.0. The molecule has 1 amide bonds. The van der Waals surface area contributed by atoms with Crippen LogP contribution in [0.15, 0.2) is 24.3 Å². The average Bonchev–Trinajstić information content (AvgIpc) is 2.17. The van der Waals surface area contributed by atoms with E-state index >= 15 is 0 Å². The molecule has 0 aromatic heterocycles. The molecular formula is C11H13NO4. The molecule has 0 heterocycles. The molecule has 1 aromatic carbocycles. The lowest BCUT2D eigenvalue weighted by Gasteiger charge is -2.24. The van der Waals surface area contributed by atoms with E-state index in [0.717, 1.165) is 4.90 Å². The summed E-state index contributed by atoms with van der Waals surface area (Å²) in [5.41, 5.74) is 0.177. The van der Waals surface area contributed by atoms with Crippen molar-refractivity contribution in [2.45, 2.75) is 19.9 Å².